The van der Waals surface area contributed by atoms with Crippen LogP contribution < -0.4 is 14.8 Å². The number of para-hydroxylation sites is 2. The van der Waals surface area contributed by atoms with E-state index in [2.05, 4.69) is 15.5 Å². The van der Waals surface area contributed by atoms with Crippen molar-refractivity contribution < 1.29 is 18.7 Å². The van der Waals surface area contributed by atoms with Crippen molar-refractivity contribution in [1.29, 1.82) is 0 Å². The van der Waals surface area contributed by atoms with E-state index in [1.165, 1.54) is 11.8 Å². The zero-order valence-corrected chi connectivity index (χ0v) is 15.1. The van der Waals surface area contributed by atoms with E-state index in [0.29, 0.717) is 35.8 Å². The maximum atomic E-state index is 12.0. The molecule has 0 spiro atoms. The quantitative estimate of drug-likeness (QED) is 0.655. The highest BCUT2D eigenvalue weighted by Crippen LogP contribution is 2.35. The number of amides is 1. The lowest BCUT2D eigenvalue weighted by atomic mass is 10.2. The van der Waals surface area contributed by atoms with Crippen molar-refractivity contribution in [3.8, 4) is 11.5 Å². The lowest BCUT2D eigenvalue weighted by Crippen LogP contribution is -2.24. The molecule has 0 radical (unpaired) electrons. The normalized spacial score (nSPS) is 15.3. The van der Waals surface area contributed by atoms with Gasteiger partial charge in [-0.15, -0.1) is 10.2 Å². The van der Waals surface area contributed by atoms with Crippen molar-refractivity contribution in [2.24, 2.45) is 0 Å². The summed E-state index contributed by atoms with van der Waals surface area (Å²) in [5, 5.41) is 11.2. The highest BCUT2D eigenvalue weighted by molar-refractivity contribution is 7.99. The zero-order chi connectivity index (χ0) is 18.5. The van der Waals surface area contributed by atoms with Crippen LogP contribution in [0.25, 0.3) is 0 Å². The van der Waals surface area contributed by atoms with Crippen molar-refractivity contribution in [1.82, 2.24) is 15.5 Å². The minimum Gasteiger partial charge on any atom is -0.485 e. The number of benzene rings is 2. The van der Waals surface area contributed by atoms with Gasteiger partial charge < -0.3 is 19.2 Å². The van der Waals surface area contributed by atoms with Crippen LogP contribution in [0.4, 0.5) is 0 Å². The Morgan fingerprint density at radius 1 is 1.07 bits per heavy atom. The number of nitrogens with zero attached hydrogens (tertiary/aromatic N) is 2. The molecule has 0 saturated heterocycles. The van der Waals surface area contributed by atoms with E-state index in [1.54, 1.807) is 0 Å². The summed E-state index contributed by atoms with van der Waals surface area (Å²) in [5.74, 6) is 1.75. The zero-order valence-electron chi connectivity index (χ0n) is 14.3. The van der Waals surface area contributed by atoms with Gasteiger partial charge in [0.2, 0.25) is 12.0 Å². The molecule has 1 aliphatic heterocycles. The number of nitrogens with one attached hydrogen (secondary N) is 1. The van der Waals surface area contributed by atoms with Crippen LogP contribution in [0, 0.1) is 0 Å². The second-order valence-electron chi connectivity index (χ2n) is 5.82. The van der Waals surface area contributed by atoms with Crippen molar-refractivity contribution >= 4 is 17.7 Å². The molecule has 0 bridgehead atoms. The smallest absolute Gasteiger partial charge is 0.277 e. The highest BCUT2D eigenvalue weighted by atomic mass is 32.2. The third-order valence-corrected chi connectivity index (χ3v) is 4.68. The third-order valence-electron chi connectivity index (χ3n) is 3.87. The molecular weight excluding hydrogens is 366 g/mol. The molecule has 7 nitrogen and oxygen atoms in total. The van der Waals surface area contributed by atoms with Gasteiger partial charge in [-0.05, 0) is 17.7 Å². The van der Waals surface area contributed by atoms with Crippen LogP contribution in [0.15, 0.2) is 64.2 Å². The number of hydrogen-bond donors (Lipinski definition) is 1. The molecule has 8 heteroatoms. The second kappa shape index (κ2) is 8.13. The lowest BCUT2D eigenvalue weighted by Gasteiger charge is -2.23. The summed E-state index contributed by atoms with van der Waals surface area (Å²) in [6, 6.07) is 17.1. The lowest BCUT2D eigenvalue weighted by molar-refractivity contribution is -0.118. The standard InChI is InChI=1S/C19H17N3O4S/c23-17(20-10-13-6-2-1-3-7-13)12-27-19-22-21-18(26-19)16-11-24-14-8-4-5-9-15(14)25-16/h1-9,16H,10-12H2,(H,20,23)/t16-/m0/s1. The summed E-state index contributed by atoms with van der Waals surface area (Å²) in [4.78, 5) is 12.0. The molecule has 0 saturated carbocycles. The summed E-state index contributed by atoms with van der Waals surface area (Å²) in [5.41, 5.74) is 1.05. The second-order valence-corrected chi connectivity index (χ2v) is 6.75. The number of fused-ring (bicyclic) bond motifs is 1. The molecule has 1 aromatic heterocycles. The van der Waals surface area contributed by atoms with Gasteiger partial charge in [-0.25, -0.2) is 0 Å². The minimum absolute atomic E-state index is 0.102. The fourth-order valence-corrected chi connectivity index (χ4v) is 3.12. The Bertz CT molecular complexity index is 916. The Balaban J connectivity index is 1.28. The Kier molecular flexibility index (Phi) is 5.24. The first-order valence-electron chi connectivity index (χ1n) is 8.43. The molecule has 0 unspecified atom stereocenters. The number of carbonyl (C=O) groups is 1. The molecule has 2 heterocycles. The van der Waals surface area contributed by atoms with E-state index in [1.807, 2.05) is 54.6 Å². The molecule has 27 heavy (non-hydrogen) atoms. The van der Waals surface area contributed by atoms with E-state index in [-0.39, 0.29) is 11.7 Å². The van der Waals surface area contributed by atoms with Gasteiger partial charge in [0.15, 0.2) is 11.5 Å². The molecule has 4 rings (SSSR count). The highest BCUT2D eigenvalue weighted by Gasteiger charge is 2.27. The van der Waals surface area contributed by atoms with Crippen LogP contribution in [-0.2, 0) is 11.3 Å². The Hall–Kier alpha value is -3.00. The molecule has 1 N–H and O–H groups in total. The monoisotopic (exact) mass is 383 g/mol. The van der Waals surface area contributed by atoms with E-state index in [9.17, 15) is 4.79 Å². The van der Waals surface area contributed by atoms with Crippen molar-refractivity contribution in [2.75, 3.05) is 12.4 Å². The number of carbonyl (C=O) groups excluding carboxylic acids is 1. The summed E-state index contributed by atoms with van der Waals surface area (Å²) in [6.45, 7) is 0.781. The number of hydrogen-bond acceptors (Lipinski definition) is 7. The molecule has 1 aliphatic rings. The first-order valence-corrected chi connectivity index (χ1v) is 9.42. The van der Waals surface area contributed by atoms with Gasteiger partial charge >= 0.3 is 0 Å². The maximum absolute atomic E-state index is 12.0. The van der Waals surface area contributed by atoms with Gasteiger partial charge in [-0.1, -0.05) is 54.2 Å². The van der Waals surface area contributed by atoms with Crippen LogP contribution in [0.2, 0.25) is 0 Å². The first-order chi connectivity index (χ1) is 13.3. The summed E-state index contributed by atoms with van der Waals surface area (Å²) < 4.78 is 17.1. The number of thioether (sulfide) groups is 1. The number of ether oxygens (including phenoxy) is 2. The molecule has 3 aromatic rings. The van der Waals surface area contributed by atoms with Gasteiger partial charge in [-0.2, -0.15) is 0 Å². The maximum Gasteiger partial charge on any atom is 0.277 e. The average molecular weight is 383 g/mol. The summed E-state index contributed by atoms with van der Waals surface area (Å²) in [6.07, 6.45) is -0.464. The Morgan fingerprint density at radius 2 is 1.85 bits per heavy atom. The Labute approximate surface area is 160 Å². The molecule has 2 aromatic carbocycles. The van der Waals surface area contributed by atoms with Crippen LogP contribution >= 0.6 is 11.8 Å². The largest absolute Gasteiger partial charge is 0.485 e. The van der Waals surface area contributed by atoms with Crippen LogP contribution in [-0.4, -0.2) is 28.5 Å². The van der Waals surface area contributed by atoms with Gasteiger partial charge in [0.25, 0.3) is 11.1 Å². The molecule has 1 amide bonds. The molecule has 0 aliphatic carbocycles. The van der Waals surface area contributed by atoms with Gasteiger partial charge in [0.1, 0.15) is 6.61 Å². The third kappa shape index (κ3) is 4.40. The predicted octanol–water partition coefficient (Wildman–Crippen LogP) is 2.99. The average Bonchev–Trinajstić information content (AvgIpc) is 3.20. The Morgan fingerprint density at radius 3 is 2.70 bits per heavy atom. The van der Waals surface area contributed by atoms with Crippen molar-refractivity contribution in [3.05, 3.63) is 66.1 Å². The fourth-order valence-electron chi connectivity index (χ4n) is 2.52. The van der Waals surface area contributed by atoms with E-state index in [4.69, 9.17) is 13.9 Å². The molecule has 138 valence electrons. The van der Waals surface area contributed by atoms with Crippen LogP contribution in [0.3, 0.4) is 0 Å². The van der Waals surface area contributed by atoms with E-state index < -0.39 is 6.10 Å². The minimum atomic E-state index is -0.464. The SMILES string of the molecule is O=C(CSc1nnc([C@@H]2COc3ccccc3O2)o1)NCc1ccccc1. The summed E-state index contributed by atoms with van der Waals surface area (Å²) in [7, 11) is 0. The van der Waals surface area contributed by atoms with Crippen molar-refractivity contribution in [3.63, 3.8) is 0 Å². The molecular formula is C19H17N3O4S. The van der Waals surface area contributed by atoms with Crippen LogP contribution in [0.5, 0.6) is 11.5 Å². The topological polar surface area (TPSA) is 86.5 Å². The van der Waals surface area contributed by atoms with Crippen molar-refractivity contribution in [2.45, 2.75) is 17.9 Å². The molecule has 0 fully saturated rings. The number of rotatable bonds is 6. The van der Waals surface area contributed by atoms with Gasteiger partial charge in [0.05, 0.1) is 5.75 Å². The van der Waals surface area contributed by atoms with E-state index >= 15 is 0 Å². The van der Waals surface area contributed by atoms with Gasteiger partial charge in [0, 0.05) is 6.54 Å². The molecule has 1 atom stereocenters. The van der Waals surface area contributed by atoms with Crippen LogP contribution in [0.1, 0.15) is 17.6 Å². The predicted molar refractivity (Wildman–Crippen MR) is 98.6 cm³/mol. The van der Waals surface area contributed by atoms with E-state index in [0.717, 1.165) is 5.56 Å². The fraction of sp³-hybridized carbons (Fsp3) is 0.211. The van der Waals surface area contributed by atoms with Gasteiger partial charge in [-0.3, -0.25) is 4.79 Å². The number of aromatic nitrogens is 2. The first kappa shape index (κ1) is 17.4. The summed E-state index contributed by atoms with van der Waals surface area (Å²) >= 11 is 1.19.